The van der Waals surface area contributed by atoms with Gasteiger partial charge in [-0.15, -0.1) is 5.10 Å². The van der Waals surface area contributed by atoms with Gasteiger partial charge in [-0.3, -0.25) is 9.88 Å². The van der Waals surface area contributed by atoms with Crippen molar-refractivity contribution in [1.29, 1.82) is 0 Å². The van der Waals surface area contributed by atoms with E-state index in [-0.39, 0.29) is 44.2 Å². The number of ether oxygens (including phenoxy) is 2. The van der Waals surface area contributed by atoms with Crippen LogP contribution in [0.1, 0.15) is 12.1 Å². The van der Waals surface area contributed by atoms with Gasteiger partial charge in [-0.2, -0.15) is 0 Å². The molecule has 3 aromatic rings. The highest BCUT2D eigenvalue weighted by molar-refractivity contribution is 5.99. The second-order valence-electron chi connectivity index (χ2n) is 10.4. The Morgan fingerprint density at radius 1 is 1.20 bits per heavy atom. The summed E-state index contributed by atoms with van der Waals surface area (Å²) in [4.78, 5) is 35.5. The van der Waals surface area contributed by atoms with Crippen LogP contribution in [0.2, 0.25) is 0 Å². The lowest BCUT2D eigenvalue weighted by atomic mass is 10.0. The summed E-state index contributed by atoms with van der Waals surface area (Å²) in [6.45, 7) is 0.994. The summed E-state index contributed by atoms with van der Waals surface area (Å²) in [7, 11) is 5.72. The van der Waals surface area contributed by atoms with Crippen molar-refractivity contribution >= 4 is 23.5 Å². The summed E-state index contributed by atoms with van der Waals surface area (Å²) in [5, 5.41) is 11.7. The first-order chi connectivity index (χ1) is 18.6. The van der Waals surface area contributed by atoms with Crippen molar-refractivity contribution in [2.45, 2.75) is 25.2 Å². The maximum absolute atomic E-state index is 15.1. The molecule has 40 heavy (non-hydrogen) atoms. The summed E-state index contributed by atoms with van der Waals surface area (Å²) < 4.78 is 27.9. The molecule has 1 fully saturated rings. The highest BCUT2D eigenvalue weighted by Crippen LogP contribution is 2.29. The maximum atomic E-state index is 15.1. The highest BCUT2D eigenvalue weighted by Gasteiger charge is 2.33. The predicted octanol–water partition coefficient (Wildman–Crippen LogP) is -0.749. The fourth-order valence-electron chi connectivity index (χ4n) is 4.28. The van der Waals surface area contributed by atoms with Gasteiger partial charge in [-0.25, -0.2) is 18.7 Å². The van der Waals surface area contributed by atoms with Gasteiger partial charge in [0, 0.05) is 29.9 Å². The van der Waals surface area contributed by atoms with Gasteiger partial charge in [-0.1, -0.05) is 16.4 Å². The molecule has 1 amide bonds. The average Bonchev–Trinajstić information content (AvgIpc) is 3.64. The van der Waals surface area contributed by atoms with Crippen LogP contribution in [0.25, 0.3) is 11.1 Å². The normalized spacial score (nSPS) is 18.6. The summed E-state index contributed by atoms with van der Waals surface area (Å²) in [5.74, 6) is -0.796. The number of aromatic nitrogens is 4. The lowest BCUT2D eigenvalue weighted by Gasteiger charge is -2.22. The molecule has 0 bridgehead atoms. The minimum absolute atomic E-state index is 0. The van der Waals surface area contributed by atoms with Gasteiger partial charge >= 0.3 is 12.1 Å². The van der Waals surface area contributed by atoms with E-state index in [1.165, 1.54) is 11.0 Å². The van der Waals surface area contributed by atoms with Crippen LogP contribution in [0, 0.1) is 5.82 Å². The Bertz CT molecular complexity index is 1380. The van der Waals surface area contributed by atoms with E-state index in [1.54, 1.807) is 47.5 Å². The zero-order valence-electron chi connectivity index (χ0n) is 22.2. The molecule has 0 aliphatic carbocycles. The quantitative estimate of drug-likeness (QED) is 0.242. The van der Waals surface area contributed by atoms with Gasteiger partial charge in [-0.05, 0) is 24.3 Å². The molecule has 1 aromatic carbocycles. The number of carbonyl (C=O) groups excluding carboxylic acids is 2. The molecule has 5 rings (SSSR count). The van der Waals surface area contributed by atoms with Gasteiger partial charge < -0.3 is 31.2 Å². The molecule has 2 atom stereocenters. The molecule has 1 saturated heterocycles. The third-order valence-corrected chi connectivity index (χ3v) is 6.14. The minimum Gasteiger partial charge on any atom is -1.00 e. The second-order valence-corrected chi connectivity index (χ2v) is 10.4. The first kappa shape index (κ1) is 28.9. The number of benzene rings is 1. The third kappa shape index (κ3) is 6.90. The first-order valence-electron chi connectivity index (χ1n) is 12.4. The Hall–Kier alpha value is -4.10. The van der Waals surface area contributed by atoms with Gasteiger partial charge in [0.05, 0.1) is 51.8 Å². The number of likely N-dealkylation sites (N-methyl/N-ethyl adjacent to an activating group) is 1. The summed E-state index contributed by atoms with van der Waals surface area (Å²) in [6, 6.07) is 8.07. The van der Waals surface area contributed by atoms with E-state index in [2.05, 4.69) is 20.5 Å². The Balaban J connectivity index is 0.00000370. The predicted molar refractivity (Wildman–Crippen MR) is 137 cm³/mol. The van der Waals surface area contributed by atoms with Gasteiger partial charge in [0.15, 0.2) is 12.6 Å². The lowest BCUT2D eigenvalue weighted by molar-refractivity contribution is -0.862. The topological polar surface area (TPSA) is 121 Å². The molecule has 0 spiro atoms. The number of rotatable bonds is 9. The number of hydrogen-bond donors (Lipinski definition) is 0. The Morgan fingerprint density at radius 2 is 2.02 bits per heavy atom. The molecule has 2 aromatic heterocycles. The zero-order chi connectivity index (χ0) is 27.6. The second kappa shape index (κ2) is 12.0. The fourth-order valence-corrected chi connectivity index (χ4v) is 4.28. The van der Waals surface area contributed by atoms with Crippen LogP contribution in [0.5, 0.6) is 0 Å². The minimum atomic E-state index is -0.542. The Morgan fingerprint density at radius 3 is 2.70 bits per heavy atom. The van der Waals surface area contributed by atoms with Crippen LogP contribution in [0.3, 0.4) is 0 Å². The summed E-state index contributed by atoms with van der Waals surface area (Å²) in [5.41, 5.74) is 2.53. The van der Waals surface area contributed by atoms with Crippen LogP contribution >= 0.6 is 0 Å². The Kier molecular flexibility index (Phi) is 8.64. The molecule has 0 unspecified atom stereocenters. The van der Waals surface area contributed by atoms with Crippen LogP contribution < -0.4 is 17.3 Å². The van der Waals surface area contributed by atoms with E-state index in [0.29, 0.717) is 45.7 Å². The van der Waals surface area contributed by atoms with Crippen molar-refractivity contribution in [2.75, 3.05) is 45.7 Å². The largest absolute Gasteiger partial charge is 1.00 e. The number of amides is 1. The van der Waals surface area contributed by atoms with Gasteiger partial charge in [0.2, 0.25) is 0 Å². The van der Waals surface area contributed by atoms with Crippen LogP contribution in [-0.2, 0) is 25.7 Å². The van der Waals surface area contributed by atoms with Crippen LogP contribution in [-0.4, -0.2) is 95.3 Å². The molecule has 2 aliphatic rings. The highest BCUT2D eigenvalue weighted by atomic mass is 35.5. The third-order valence-electron chi connectivity index (χ3n) is 6.14. The number of oxime groups is 1. The fraction of sp³-hybridized carbons (Fsp3) is 0.385. The number of quaternary nitrogens is 1. The van der Waals surface area contributed by atoms with Crippen molar-refractivity contribution in [2.24, 2.45) is 5.16 Å². The maximum Gasteiger partial charge on any atom is 0.414 e. The van der Waals surface area contributed by atoms with Crippen molar-refractivity contribution in [3.05, 3.63) is 60.4 Å². The number of anilines is 1. The van der Waals surface area contributed by atoms with Crippen molar-refractivity contribution in [1.82, 2.24) is 20.0 Å². The van der Waals surface area contributed by atoms with Crippen molar-refractivity contribution in [3.8, 4) is 11.1 Å². The number of halogens is 2. The van der Waals surface area contributed by atoms with E-state index in [4.69, 9.17) is 14.3 Å². The van der Waals surface area contributed by atoms with Gasteiger partial charge in [0.1, 0.15) is 24.2 Å². The molecular formula is C26H29ClFN7O5. The average molecular weight is 574 g/mol. The van der Waals surface area contributed by atoms with Crippen molar-refractivity contribution in [3.63, 3.8) is 0 Å². The first-order valence-corrected chi connectivity index (χ1v) is 12.4. The van der Waals surface area contributed by atoms with E-state index < -0.39 is 18.0 Å². The molecule has 14 heteroatoms. The number of hydrogen-bond acceptors (Lipinski definition) is 9. The summed E-state index contributed by atoms with van der Waals surface area (Å²) >= 11 is 0. The van der Waals surface area contributed by atoms with E-state index in [1.807, 2.05) is 21.1 Å². The van der Waals surface area contributed by atoms with Crippen molar-refractivity contribution < 1.29 is 45.2 Å². The summed E-state index contributed by atoms with van der Waals surface area (Å²) in [6.07, 6.45) is 3.88. The number of pyridine rings is 1. The molecule has 0 N–H and O–H groups in total. The number of nitrogens with zero attached hydrogens (tertiary/aromatic N) is 7. The molecule has 212 valence electrons. The number of esters is 1. The van der Waals surface area contributed by atoms with Crippen LogP contribution in [0.15, 0.2) is 54.1 Å². The van der Waals surface area contributed by atoms with Crippen LogP contribution in [0.4, 0.5) is 14.9 Å². The smallest absolute Gasteiger partial charge is 0.414 e. The number of carbonyl (C=O) groups is 2. The molecule has 0 saturated carbocycles. The number of cyclic esters (lactones) is 1. The SMILES string of the molecule is C[N+](C)(C)CC(=O)OC[C@@H]1CC(c2ccc(-c3ccc(N4C[C@H](Cn5ccnn5)OC4=O)cc3F)cn2)=NO1.[Cl-]. The lowest BCUT2D eigenvalue weighted by Crippen LogP contribution is -3.00. The zero-order valence-corrected chi connectivity index (χ0v) is 23.0. The van der Waals surface area contributed by atoms with E-state index in [9.17, 15) is 9.59 Å². The van der Waals surface area contributed by atoms with E-state index in [0.717, 1.165) is 0 Å². The van der Waals surface area contributed by atoms with Gasteiger partial charge in [0.25, 0.3) is 0 Å². The van der Waals surface area contributed by atoms with E-state index >= 15 is 4.39 Å². The molecule has 4 heterocycles. The molecular weight excluding hydrogens is 545 g/mol. The monoisotopic (exact) mass is 573 g/mol. The standard InChI is InChI=1S/C26H29FN7O5.ClH/c1-34(2,3)15-25(35)37-16-19-11-24(30-39-19)23-7-4-17(12-28-23)21-6-5-18(10-22(21)27)33-14-20(38-26(33)36)13-32-9-8-29-31-32;/h4-10,12,19-20H,11,13-16H2,1-3H3;1H/q+1;/p-1/t19-,20-;/m0./s1. The molecule has 0 radical (unpaired) electrons. The Labute approximate surface area is 236 Å². The molecule has 12 nitrogen and oxygen atoms in total. The molecule has 2 aliphatic heterocycles.